The summed E-state index contributed by atoms with van der Waals surface area (Å²) >= 11 is 0. The Morgan fingerprint density at radius 1 is 1.39 bits per heavy atom. The van der Waals surface area contributed by atoms with Crippen molar-refractivity contribution in [1.82, 2.24) is 4.98 Å². The third-order valence-corrected chi connectivity index (χ3v) is 3.52. The van der Waals surface area contributed by atoms with E-state index in [-0.39, 0.29) is 0 Å². The second-order valence-corrected chi connectivity index (χ2v) is 4.97. The van der Waals surface area contributed by atoms with Crippen molar-refractivity contribution in [3.8, 4) is 0 Å². The average Bonchev–Trinajstić information content (AvgIpc) is 2.32. The molecule has 1 aliphatic carbocycles. The first kappa shape index (κ1) is 12.8. The first-order valence-corrected chi connectivity index (χ1v) is 6.35. The van der Waals surface area contributed by atoms with Gasteiger partial charge in [0, 0.05) is 18.3 Å². The zero-order valence-corrected chi connectivity index (χ0v) is 10.6. The summed E-state index contributed by atoms with van der Waals surface area (Å²) in [6.07, 6.45) is 5.73. The van der Waals surface area contributed by atoms with Gasteiger partial charge in [-0.25, -0.2) is 4.98 Å². The Bertz CT molecular complexity index is 439. The Kier molecular flexibility index (Phi) is 3.81. The number of carbonyl (C=O) groups excluding carboxylic acids is 1. The maximum atomic E-state index is 11.5. The molecule has 1 aliphatic rings. The second-order valence-electron chi connectivity index (χ2n) is 4.97. The van der Waals surface area contributed by atoms with Crippen LogP contribution in [0.2, 0.25) is 0 Å². The maximum Gasteiger partial charge on any atom is 0.252 e. The van der Waals surface area contributed by atoms with Crippen LogP contribution in [0.3, 0.4) is 0 Å². The molecule has 0 bridgehead atoms. The van der Waals surface area contributed by atoms with Crippen molar-refractivity contribution in [1.29, 1.82) is 0 Å². The number of amides is 1. The number of hydrogen-bond acceptors (Lipinski definition) is 4. The topological polar surface area (TPSA) is 94.0 Å². The smallest absolute Gasteiger partial charge is 0.252 e. The van der Waals surface area contributed by atoms with Crippen molar-refractivity contribution in [2.75, 3.05) is 5.32 Å². The quantitative estimate of drug-likeness (QED) is 0.748. The molecule has 1 aromatic heterocycles. The lowest BCUT2D eigenvalue weighted by atomic mass is 9.91. The van der Waals surface area contributed by atoms with Crippen LogP contribution in [0.4, 0.5) is 5.82 Å². The number of primary amides is 1. The van der Waals surface area contributed by atoms with Gasteiger partial charge in [0.25, 0.3) is 5.91 Å². The number of rotatable bonds is 3. The SMILES string of the molecule is Cc1ccnc(NC2CCC(N)CC2)c1C(N)=O. The number of nitrogens with zero attached hydrogens (tertiary/aromatic N) is 1. The van der Waals surface area contributed by atoms with Gasteiger partial charge in [0.2, 0.25) is 0 Å². The molecule has 1 aromatic rings. The zero-order valence-electron chi connectivity index (χ0n) is 10.6. The van der Waals surface area contributed by atoms with Gasteiger partial charge in [-0.15, -0.1) is 0 Å². The minimum atomic E-state index is -0.435. The number of nitrogens with one attached hydrogen (secondary N) is 1. The highest BCUT2D eigenvalue weighted by molar-refractivity contribution is 5.99. The average molecular weight is 248 g/mol. The Balaban J connectivity index is 2.14. The predicted molar refractivity (Wildman–Crippen MR) is 71.3 cm³/mol. The molecule has 0 atom stereocenters. The van der Waals surface area contributed by atoms with Crippen LogP contribution in [0.5, 0.6) is 0 Å². The van der Waals surface area contributed by atoms with Gasteiger partial charge < -0.3 is 16.8 Å². The number of carbonyl (C=O) groups is 1. The first-order valence-electron chi connectivity index (χ1n) is 6.35. The van der Waals surface area contributed by atoms with E-state index in [0.717, 1.165) is 31.2 Å². The van der Waals surface area contributed by atoms with E-state index in [1.165, 1.54) is 0 Å². The summed E-state index contributed by atoms with van der Waals surface area (Å²) in [6, 6.07) is 2.43. The van der Waals surface area contributed by atoms with Crippen LogP contribution in [0, 0.1) is 6.92 Å². The monoisotopic (exact) mass is 248 g/mol. The molecule has 0 aliphatic heterocycles. The maximum absolute atomic E-state index is 11.5. The second kappa shape index (κ2) is 5.35. The molecule has 18 heavy (non-hydrogen) atoms. The molecule has 0 aromatic carbocycles. The van der Waals surface area contributed by atoms with E-state index in [0.29, 0.717) is 23.5 Å². The molecule has 0 radical (unpaired) electrons. The Morgan fingerprint density at radius 2 is 2.06 bits per heavy atom. The zero-order chi connectivity index (χ0) is 13.1. The molecule has 98 valence electrons. The van der Waals surface area contributed by atoms with Gasteiger partial charge in [-0.2, -0.15) is 0 Å². The van der Waals surface area contributed by atoms with Crippen molar-refractivity contribution in [3.63, 3.8) is 0 Å². The molecule has 1 fully saturated rings. The summed E-state index contributed by atoms with van der Waals surface area (Å²) in [5.74, 6) is 0.165. The molecule has 0 spiro atoms. The van der Waals surface area contributed by atoms with Gasteiger partial charge in [-0.1, -0.05) is 0 Å². The van der Waals surface area contributed by atoms with Crippen LogP contribution in [-0.2, 0) is 0 Å². The fourth-order valence-corrected chi connectivity index (χ4v) is 2.44. The molecule has 2 rings (SSSR count). The van der Waals surface area contributed by atoms with Crippen LogP contribution < -0.4 is 16.8 Å². The Hall–Kier alpha value is -1.62. The third kappa shape index (κ3) is 2.79. The van der Waals surface area contributed by atoms with Crippen LogP contribution in [0.15, 0.2) is 12.3 Å². The van der Waals surface area contributed by atoms with E-state index in [1.807, 2.05) is 6.92 Å². The van der Waals surface area contributed by atoms with Gasteiger partial charge in [0.05, 0.1) is 5.56 Å². The number of anilines is 1. The largest absolute Gasteiger partial charge is 0.367 e. The summed E-state index contributed by atoms with van der Waals surface area (Å²) in [6.45, 7) is 1.86. The van der Waals surface area contributed by atoms with Crippen LogP contribution in [0.25, 0.3) is 0 Å². The molecular weight excluding hydrogens is 228 g/mol. The van der Waals surface area contributed by atoms with Gasteiger partial charge in [0.1, 0.15) is 5.82 Å². The molecular formula is C13H20N4O. The Morgan fingerprint density at radius 3 is 2.67 bits per heavy atom. The predicted octanol–water partition coefficient (Wildman–Crippen LogP) is 1.17. The highest BCUT2D eigenvalue weighted by Crippen LogP contribution is 2.23. The van der Waals surface area contributed by atoms with Crippen molar-refractivity contribution in [2.45, 2.75) is 44.7 Å². The third-order valence-electron chi connectivity index (χ3n) is 3.52. The van der Waals surface area contributed by atoms with E-state index >= 15 is 0 Å². The highest BCUT2D eigenvalue weighted by Gasteiger charge is 2.21. The fraction of sp³-hybridized carbons (Fsp3) is 0.538. The number of aryl methyl sites for hydroxylation is 1. The summed E-state index contributed by atoms with van der Waals surface area (Å²) in [4.78, 5) is 15.7. The molecule has 5 heteroatoms. The molecule has 1 saturated carbocycles. The van der Waals surface area contributed by atoms with Gasteiger partial charge >= 0.3 is 0 Å². The molecule has 0 saturated heterocycles. The first-order chi connectivity index (χ1) is 8.58. The number of pyridine rings is 1. The number of aromatic nitrogens is 1. The van der Waals surface area contributed by atoms with Gasteiger partial charge in [0.15, 0.2) is 0 Å². The van der Waals surface area contributed by atoms with E-state index < -0.39 is 5.91 Å². The normalized spacial score (nSPS) is 23.7. The lowest BCUT2D eigenvalue weighted by molar-refractivity contribution is 0.1000. The molecule has 1 heterocycles. The molecule has 5 nitrogen and oxygen atoms in total. The van der Waals surface area contributed by atoms with Crippen LogP contribution >= 0.6 is 0 Å². The summed E-state index contributed by atoms with van der Waals surface area (Å²) < 4.78 is 0. The van der Waals surface area contributed by atoms with E-state index in [4.69, 9.17) is 11.5 Å². The fourth-order valence-electron chi connectivity index (χ4n) is 2.44. The van der Waals surface area contributed by atoms with Crippen molar-refractivity contribution < 1.29 is 4.79 Å². The lowest BCUT2D eigenvalue weighted by Gasteiger charge is -2.27. The van der Waals surface area contributed by atoms with Crippen LogP contribution in [0.1, 0.15) is 41.6 Å². The van der Waals surface area contributed by atoms with Gasteiger partial charge in [-0.3, -0.25) is 4.79 Å². The van der Waals surface area contributed by atoms with E-state index in [2.05, 4.69) is 10.3 Å². The van der Waals surface area contributed by atoms with E-state index in [9.17, 15) is 4.79 Å². The summed E-state index contributed by atoms with van der Waals surface area (Å²) in [5.41, 5.74) is 12.6. The minimum absolute atomic E-state index is 0.309. The highest BCUT2D eigenvalue weighted by atomic mass is 16.1. The minimum Gasteiger partial charge on any atom is -0.367 e. The molecule has 5 N–H and O–H groups in total. The standard InChI is InChI=1S/C13H20N4O/c1-8-6-7-16-13(11(8)12(15)18)17-10-4-2-9(14)3-5-10/h6-7,9-10H,2-5,14H2,1H3,(H2,15,18)(H,16,17). The number of hydrogen-bond donors (Lipinski definition) is 3. The summed E-state index contributed by atoms with van der Waals surface area (Å²) in [7, 11) is 0. The van der Waals surface area contributed by atoms with Crippen molar-refractivity contribution >= 4 is 11.7 Å². The van der Waals surface area contributed by atoms with Crippen molar-refractivity contribution in [3.05, 3.63) is 23.4 Å². The number of nitrogens with two attached hydrogens (primary N) is 2. The summed E-state index contributed by atoms with van der Waals surface area (Å²) in [5, 5.41) is 3.32. The lowest BCUT2D eigenvalue weighted by Crippen LogP contribution is -2.33. The molecule has 1 amide bonds. The van der Waals surface area contributed by atoms with Crippen LogP contribution in [-0.4, -0.2) is 23.0 Å². The Labute approximate surface area is 107 Å². The van der Waals surface area contributed by atoms with Gasteiger partial charge in [-0.05, 0) is 44.2 Å². The van der Waals surface area contributed by atoms with Crippen molar-refractivity contribution in [2.24, 2.45) is 11.5 Å². The van der Waals surface area contributed by atoms with E-state index in [1.54, 1.807) is 12.3 Å². The molecule has 0 unspecified atom stereocenters.